The van der Waals surface area contributed by atoms with Gasteiger partial charge < -0.3 is 5.32 Å². The van der Waals surface area contributed by atoms with E-state index in [0.717, 1.165) is 18.5 Å². The molecule has 0 amide bonds. The second kappa shape index (κ2) is 5.72. The predicted molar refractivity (Wildman–Crippen MR) is 62.6 cm³/mol. The van der Waals surface area contributed by atoms with Crippen LogP contribution in [0.3, 0.4) is 0 Å². The van der Waals surface area contributed by atoms with E-state index in [9.17, 15) is 0 Å². The predicted octanol–water partition coefficient (Wildman–Crippen LogP) is 2.10. The van der Waals surface area contributed by atoms with E-state index in [1.807, 2.05) is 0 Å². The molecule has 0 aromatic carbocycles. The van der Waals surface area contributed by atoms with Gasteiger partial charge in [-0.2, -0.15) is 0 Å². The molecule has 1 heterocycles. The number of nitrogens with zero attached hydrogens (tertiary/aromatic N) is 1. The van der Waals surface area contributed by atoms with Gasteiger partial charge in [-0.05, 0) is 31.8 Å². The number of hydrogen-bond acceptors (Lipinski definition) is 2. The van der Waals surface area contributed by atoms with E-state index in [1.54, 1.807) is 0 Å². The summed E-state index contributed by atoms with van der Waals surface area (Å²) in [5.74, 6) is 0.763. The topological polar surface area (TPSA) is 15.3 Å². The lowest BCUT2D eigenvalue weighted by Gasteiger charge is -2.31. The Morgan fingerprint density at radius 2 is 1.64 bits per heavy atom. The van der Waals surface area contributed by atoms with E-state index < -0.39 is 0 Å². The second-order valence-electron chi connectivity index (χ2n) is 5.12. The fourth-order valence-electron chi connectivity index (χ4n) is 2.22. The highest BCUT2D eigenvalue weighted by molar-refractivity contribution is 4.81. The third-order valence-electron chi connectivity index (χ3n) is 3.11. The minimum Gasteiger partial charge on any atom is -0.313 e. The van der Waals surface area contributed by atoms with Crippen LogP contribution < -0.4 is 5.32 Å². The van der Waals surface area contributed by atoms with Gasteiger partial charge in [-0.1, -0.05) is 27.7 Å². The average molecular weight is 198 g/mol. The zero-order valence-corrected chi connectivity index (χ0v) is 10.2. The fourth-order valence-corrected chi connectivity index (χ4v) is 2.22. The molecule has 0 bridgehead atoms. The Morgan fingerprint density at radius 3 is 2.07 bits per heavy atom. The van der Waals surface area contributed by atoms with Crippen molar-refractivity contribution in [3.8, 4) is 0 Å². The van der Waals surface area contributed by atoms with Crippen molar-refractivity contribution < 1.29 is 0 Å². The summed E-state index contributed by atoms with van der Waals surface area (Å²) in [6.07, 6.45) is 2.79. The van der Waals surface area contributed by atoms with Crippen molar-refractivity contribution in [2.24, 2.45) is 5.92 Å². The van der Waals surface area contributed by atoms with Gasteiger partial charge in [-0.15, -0.1) is 0 Å². The highest BCUT2D eigenvalue weighted by atomic mass is 15.2. The van der Waals surface area contributed by atoms with Gasteiger partial charge in [0.25, 0.3) is 0 Å². The standard InChI is InChI=1S/C12H26N2/c1-10(2)12(9-13-11(3)4)14-7-5-6-8-14/h10-13H,5-9H2,1-4H3. The van der Waals surface area contributed by atoms with Crippen LogP contribution in [0.15, 0.2) is 0 Å². The largest absolute Gasteiger partial charge is 0.313 e. The van der Waals surface area contributed by atoms with Gasteiger partial charge in [0, 0.05) is 18.6 Å². The second-order valence-corrected chi connectivity index (χ2v) is 5.12. The maximum absolute atomic E-state index is 3.56. The van der Waals surface area contributed by atoms with Crippen LogP contribution in [0.25, 0.3) is 0 Å². The van der Waals surface area contributed by atoms with Gasteiger partial charge in [0.15, 0.2) is 0 Å². The first-order valence-corrected chi connectivity index (χ1v) is 6.08. The maximum Gasteiger partial charge on any atom is 0.0243 e. The Labute approximate surface area is 89.1 Å². The van der Waals surface area contributed by atoms with Crippen LogP contribution in [0.4, 0.5) is 0 Å². The van der Waals surface area contributed by atoms with Crippen molar-refractivity contribution >= 4 is 0 Å². The van der Waals surface area contributed by atoms with E-state index in [4.69, 9.17) is 0 Å². The minimum absolute atomic E-state index is 0.610. The van der Waals surface area contributed by atoms with Crippen LogP contribution in [0.2, 0.25) is 0 Å². The molecule has 1 aliphatic heterocycles. The first-order valence-electron chi connectivity index (χ1n) is 6.08. The quantitative estimate of drug-likeness (QED) is 0.728. The fraction of sp³-hybridized carbons (Fsp3) is 1.00. The average Bonchev–Trinajstić information content (AvgIpc) is 2.56. The van der Waals surface area contributed by atoms with Crippen LogP contribution in [-0.2, 0) is 0 Å². The molecule has 1 atom stereocenters. The lowest BCUT2D eigenvalue weighted by molar-refractivity contribution is 0.184. The van der Waals surface area contributed by atoms with Crippen LogP contribution in [0, 0.1) is 5.92 Å². The molecule has 0 radical (unpaired) electrons. The Bertz CT molecular complexity index is 148. The SMILES string of the molecule is CC(C)NCC(C(C)C)N1CCCC1. The summed E-state index contributed by atoms with van der Waals surface area (Å²) in [6.45, 7) is 12.9. The Balaban J connectivity index is 2.37. The molecule has 0 aliphatic carbocycles. The van der Waals surface area contributed by atoms with E-state index in [1.165, 1.54) is 25.9 Å². The van der Waals surface area contributed by atoms with Crippen LogP contribution >= 0.6 is 0 Å². The molecular weight excluding hydrogens is 172 g/mol. The van der Waals surface area contributed by atoms with Gasteiger partial charge in [0.05, 0.1) is 0 Å². The van der Waals surface area contributed by atoms with Crippen molar-refractivity contribution in [3.05, 3.63) is 0 Å². The monoisotopic (exact) mass is 198 g/mol. The molecular formula is C12H26N2. The molecule has 0 aromatic heterocycles. The van der Waals surface area contributed by atoms with Gasteiger partial charge in [0.2, 0.25) is 0 Å². The first kappa shape index (κ1) is 12.0. The first-order chi connectivity index (χ1) is 6.61. The van der Waals surface area contributed by atoms with Gasteiger partial charge in [0.1, 0.15) is 0 Å². The van der Waals surface area contributed by atoms with Crippen LogP contribution in [-0.4, -0.2) is 36.6 Å². The van der Waals surface area contributed by atoms with Crippen LogP contribution in [0.1, 0.15) is 40.5 Å². The molecule has 0 saturated carbocycles. The van der Waals surface area contributed by atoms with E-state index in [0.29, 0.717) is 6.04 Å². The normalized spacial score (nSPS) is 21.0. The molecule has 1 aliphatic rings. The molecule has 84 valence electrons. The van der Waals surface area contributed by atoms with Crippen molar-refractivity contribution in [1.29, 1.82) is 0 Å². The molecule has 1 saturated heterocycles. The molecule has 2 heteroatoms. The molecule has 1 rings (SSSR count). The van der Waals surface area contributed by atoms with Crippen molar-refractivity contribution in [3.63, 3.8) is 0 Å². The Morgan fingerprint density at radius 1 is 1.07 bits per heavy atom. The third kappa shape index (κ3) is 3.58. The summed E-state index contributed by atoms with van der Waals surface area (Å²) in [5, 5.41) is 3.56. The van der Waals surface area contributed by atoms with Gasteiger partial charge >= 0.3 is 0 Å². The summed E-state index contributed by atoms with van der Waals surface area (Å²) in [5.41, 5.74) is 0. The van der Waals surface area contributed by atoms with E-state index in [-0.39, 0.29) is 0 Å². The molecule has 14 heavy (non-hydrogen) atoms. The Hall–Kier alpha value is -0.0800. The number of hydrogen-bond donors (Lipinski definition) is 1. The number of likely N-dealkylation sites (tertiary alicyclic amines) is 1. The molecule has 1 N–H and O–H groups in total. The summed E-state index contributed by atoms with van der Waals surface area (Å²) in [7, 11) is 0. The molecule has 1 unspecified atom stereocenters. The lowest BCUT2D eigenvalue weighted by atomic mass is 10.0. The van der Waals surface area contributed by atoms with Gasteiger partial charge in [-0.25, -0.2) is 0 Å². The third-order valence-corrected chi connectivity index (χ3v) is 3.11. The zero-order valence-electron chi connectivity index (χ0n) is 10.2. The molecule has 1 fully saturated rings. The summed E-state index contributed by atoms with van der Waals surface area (Å²) < 4.78 is 0. The molecule has 2 nitrogen and oxygen atoms in total. The molecule has 0 aromatic rings. The van der Waals surface area contributed by atoms with Gasteiger partial charge in [-0.3, -0.25) is 4.90 Å². The Kier molecular flexibility index (Phi) is 4.90. The molecule has 0 spiro atoms. The number of rotatable bonds is 5. The summed E-state index contributed by atoms with van der Waals surface area (Å²) in [6, 6.07) is 1.35. The van der Waals surface area contributed by atoms with Crippen molar-refractivity contribution in [2.75, 3.05) is 19.6 Å². The van der Waals surface area contributed by atoms with E-state index in [2.05, 4.69) is 37.9 Å². The summed E-state index contributed by atoms with van der Waals surface area (Å²) >= 11 is 0. The zero-order chi connectivity index (χ0) is 10.6. The smallest absolute Gasteiger partial charge is 0.0243 e. The highest BCUT2D eigenvalue weighted by Crippen LogP contribution is 2.17. The number of nitrogens with one attached hydrogen (secondary N) is 1. The maximum atomic E-state index is 3.56. The van der Waals surface area contributed by atoms with Crippen molar-refractivity contribution in [1.82, 2.24) is 10.2 Å². The van der Waals surface area contributed by atoms with Crippen molar-refractivity contribution in [2.45, 2.75) is 52.6 Å². The minimum atomic E-state index is 0.610. The van der Waals surface area contributed by atoms with E-state index >= 15 is 0 Å². The van der Waals surface area contributed by atoms with Crippen LogP contribution in [0.5, 0.6) is 0 Å². The lowest BCUT2D eigenvalue weighted by Crippen LogP contribution is -2.45. The highest BCUT2D eigenvalue weighted by Gasteiger charge is 2.24. The summed E-state index contributed by atoms with van der Waals surface area (Å²) in [4.78, 5) is 2.65.